The Morgan fingerprint density at radius 2 is 1.60 bits per heavy atom. The highest BCUT2D eigenvalue weighted by Gasteiger charge is 2.67. The zero-order chi connectivity index (χ0) is 26.6. The number of amides is 2. The van der Waals surface area contributed by atoms with Crippen LogP contribution in [0.3, 0.4) is 0 Å². The van der Waals surface area contributed by atoms with Crippen molar-refractivity contribution in [1.82, 2.24) is 4.90 Å². The van der Waals surface area contributed by atoms with Gasteiger partial charge in [-0.3, -0.25) is 4.99 Å². The number of carbonyl (C=O) groups excluding carboxylic acids is 2. The van der Waals surface area contributed by atoms with Crippen LogP contribution >= 0.6 is 0 Å². The van der Waals surface area contributed by atoms with E-state index in [1.54, 1.807) is 41.5 Å². The van der Waals surface area contributed by atoms with Crippen LogP contribution in [0, 0.1) is 5.82 Å². The fourth-order valence-electron chi connectivity index (χ4n) is 4.51. The van der Waals surface area contributed by atoms with Crippen LogP contribution in [0.2, 0.25) is 0 Å². The van der Waals surface area contributed by atoms with Gasteiger partial charge in [0.1, 0.15) is 39.8 Å². The first kappa shape index (κ1) is 27.0. The third-order valence-corrected chi connectivity index (χ3v) is 9.12. The first-order valence-corrected chi connectivity index (χ1v) is 12.8. The van der Waals surface area contributed by atoms with E-state index in [0.717, 1.165) is 6.07 Å². The highest BCUT2D eigenvalue weighted by atomic mass is 32.2. The molecule has 2 aliphatic rings. The van der Waals surface area contributed by atoms with Crippen molar-refractivity contribution in [1.29, 1.82) is 0 Å². The lowest BCUT2D eigenvalue weighted by Crippen LogP contribution is -2.62. The summed E-state index contributed by atoms with van der Waals surface area (Å²) in [6.07, 6.45) is -2.56. The summed E-state index contributed by atoms with van der Waals surface area (Å²) in [7, 11) is -4.26. The standard InChI is InChI=1S/C24H32F2N2O6S/c1-21(2,3)33-19(29)28(20(30)34-22(4,5)6)18-23(7)13-12-17(35(23,31)32)24(14-25,27-18)15-10-8-9-11-16(15)26/h8-11,17H,12-14H2,1-7H3/t17-,23+,24-/m0/s1. The number of nitrogens with zero attached hydrogens (tertiary/aromatic N) is 2. The zero-order valence-corrected chi connectivity index (χ0v) is 21.8. The molecule has 0 aliphatic carbocycles. The number of rotatable bonds is 2. The Hall–Kier alpha value is -2.56. The van der Waals surface area contributed by atoms with Gasteiger partial charge in [-0.2, -0.15) is 4.90 Å². The van der Waals surface area contributed by atoms with Crippen molar-refractivity contribution >= 4 is 27.9 Å². The lowest BCUT2D eigenvalue weighted by molar-refractivity contribution is 0.0138. The molecule has 1 saturated heterocycles. The molecule has 0 spiro atoms. The Morgan fingerprint density at radius 3 is 2.06 bits per heavy atom. The highest BCUT2D eigenvalue weighted by molar-refractivity contribution is 7.94. The molecule has 2 aliphatic heterocycles. The minimum atomic E-state index is -4.26. The second kappa shape index (κ2) is 8.53. The normalized spacial score (nSPS) is 27.7. The van der Waals surface area contributed by atoms with Crippen LogP contribution in [0.15, 0.2) is 29.3 Å². The van der Waals surface area contributed by atoms with E-state index in [2.05, 4.69) is 4.99 Å². The number of aliphatic imine (C=N–C) groups is 1. The van der Waals surface area contributed by atoms with Crippen LogP contribution in [0.1, 0.15) is 66.9 Å². The number of benzene rings is 1. The number of fused-ring (bicyclic) bond motifs is 2. The summed E-state index contributed by atoms with van der Waals surface area (Å²) in [5, 5.41) is -1.38. The molecule has 11 heteroatoms. The third-order valence-electron chi connectivity index (χ3n) is 6.11. The first-order valence-electron chi connectivity index (χ1n) is 11.3. The maximum absolute atomic E-state index is 14.9. The molecule has 1 fully saturated rings. The molecule has 2 heterocycles. The molecule has 3 atom stereocenters. The molecule has 0 radical (unpaired) electrons. The highest BCUT2D eigenvalue weighted by Crippen LogP contribution is 2.53. The largest absolute Gasteiger partial charge is 0.443 e. The number of sulfone groups is 1. The second-order valence-electron chi connectivity index (χ2n) is 11.1. The van der Waals surface area contributed by atoms with E-state index < -0.39 is 67.1 Å². The summed E-state index contributed by atoms with van der Waals surface area (Å²) in [6, 6.07) is 5.17. The number of hydrogen-bond donors (Lipinski definition) is 0. The Kier molecular flexibility index (Phi) is 6.59. The van der Waals surface area contributed by atoms with Gasteiger partial charge >= 0.3 is 12.2 Å². The Bertz CT molecular complexity index is 1140. The third kappa shape index (κ3) is 4.54. The van der Waals surface area contributed by atoms with E-state index in [1.807, 2.05) is 0 Å². The van der Waals surface area contributed by atoms with Crippen LogP contribution in [0.5, 0.6) is 0 Å². The Labute approximate surface area is 204 Å². The summed E-state index contributed by atoms with van der Waals surface area (Å²) in [5.74, 6) is -1.39. The molecule has 0 N–H and O–H groups in total. The van der Waals surface area contributed by atoms with E-state index in [9.17, 15) is 26.8 Å². The van der Waals surface area contributed by atoms with Crippen LogP contribution in [-0.4, -0.2) is 59.2 Å². The predicted molar refractivity (Wildman–Crippen MR) is 126 cm³/mol. The first-order chi connectivity index (χ1) is 15.9. The maximum atomic E-state index is 14.9. The SMILES string of the molecule is CC(C)(C)OC(=O)N(C(=O)OC(C)(C)C)C1=N[C@@](CF)(c2ccccc2F)[C@@H]2CC[C@@]1(C)S2(=O)=O. The van der Waals surface area contributed by atoms with Crippen LogP contribution < -0.4 is 0 Å². The van der Waals surface area contributed by atoms with Gasteiger partial charge in [0.05, 0.1) is 5.25 Å². The molecule has 1 aromatic rings. The number of ether oxygens (including phenoxy) is 2. The minimum Gasteiger partial charge on any atom is -0.443 e. The van der Waals surface area contributed by atoms with Crippen molar-refractivity contribution in [3.8, 4) is 0 Å². The van der Waals surface area contributed by atoms with E-state index in [0.29, 0.717) is 4.90 Å². The maximum Gasteiger partial charge on any atom is 0.425 e. The number of imide groups is 1. The molecular weight excluding hydrogens is 482 g/mol. The van der Waals surface area contributed by atoms with Gasteiger partial charge in [-0.25, -0.2) is 26.8 Å². The lowest BCUT2D eigenvalue weighted by Gasteiger charge is -2.43. The molecule has 2 amide bonds. The summed E-state index contributed by atoms with van der Waals surface area (Å²) in [5.41, 5.74) is -4.59. The molecule has 2 bridgehead atoms. The summed E-state index contributed by atoms with van der Waals surface area (Å²) >= 11 is 0. The van der Waals surface area contributed by atoms with Gasteiger partial charge in [-0.05, 0) is 67.4 Å². The summed E-state index contributed by atoms with van der Waals surface area (Å²) in [6.45, 7) is 9.35. The van der Waals surface area contributed by atoms with Crippen molar-refractivity contribution < 1.29 is 36.3 Å². The number of carbonyl (C=O) groups is 2. The summed E-state index contributed by atoms with van der Waals surface area (Å²) in [4.78, 5) is 31.4. The Morgan fingerprint density at radius 1 is 1.09 bits per heavy atom. The van der Waals surface area contributed by atoms with Gasteiger partial charge in [0, 0.05) is 5.56 Å². The molecule has 1 aromatic carbocycles. The average Bonchev–Trinajstić information content (AvgIpc) is 2.84. The fourth-order valence-corrected chi connectivity index (χ4v) is 7.12. The lowest BCUT2D eigenvalue weighted by atomic mass is 9.86. The molecule has 194 valence electrons. The van der Waals surface area contributed by atoms with Crippen molar-refractivity contribution in [2.24, 2.45) is 4.99 Å². The topological polar surface area (TPSA) is 102 Å². The van der Waals surface area contributed by atoms with Crippen molar-refractivity contribution in [3.63, 3.8) is 0 Å². The number of amidine groups is 1. The van der Waals surface area contributed by atoms with Gasteiger partial charge in [-0.1, -0.05) is 18.2 Å². The Balaban J connectivity index is 2.34. The van der Waals surface area contributed by atoms with Crippen molar-refractivity contribution in [2.45, 2.75) is 88.0 Å². The van der Waals surface area contributed by atoms with Gasteiger partial charge in [0.2, 0.25) is 0 Å². The van der Waals surface area contributed by atoms with Gasteiger partial charge < -0.3 is 9.47 Å². The van der Waals surface area contributed by atoms with Crippen LogP contribution in [0.4, 0.5) is 18.4 Å². The van der Waals surface area contributed by atoms with E-state index in [4.69, 9.17) is 9.47 Å². The molecule has 35 heavy (non-hydrogen) atoms. The number of halogens is 2. The van der Waals surface area contributed by atoms with Crippen molar-refractivity contribution in [2.75, 3.05) is 6.67 Å². The second-order valence-corrected chi connectivity index (χ2v) is 13.6. The van der Waals surface area contributed by atoms with Gasteiger partial charge in [0.25, 0.3) is 0 Å². The summed E-state index contributed by atoms with van der Waals surface area (Å²) < 4.78 is 66.4. The molecule has 0 aromatic heterocycles. The zero-order valence-electron chi connectivity index (χ0n) is 21.0. The van der Waals surface area contributed by atoms with Crippen LogP contribution in [0.25, 0.3) is 0 Å². The van der Waals surface area contributed by atoms with Gasteiger partial charge in [0.15, 0.2) is 9.84 Å². The minimum absolute atomic E-state index is 0.0411. The fraction of sp³-hybridized carbons (Fsp3) is 0.625. The predicted octanol–water partition coefficient (Wildman–Crippen LogP) is 4.91. The van der Waals surface area contributed by atoms with Gasteiger partial charge in [-0.15, -0.1) is 0 Å². The number of hydrogen-bond acceptors (Lipinski definition) is 7. The van der Waals surface area contributed by atoms with Crippen molar-refractivity contribution in [3.05, 3.63) is 35.6 Å². The smallest absolute Gasteiger partial charge is 0.425 e. The van der Waals surface area contributed by atoms with E-state index in [-0.39, 0.29) is 18.4 Å². The molecule has 3 rings (SSSR count). The molecule has 8 nitrogen and oxygen atoms in total. The van der Waals surface area contributed by atoms with Crippen LogP contribution in [-0.2, 0) is 24.8 Å². The monoisotopic (exact) mass is 514 g/mol. The number of alkyl halides is 1. The quantitative estimate of drug-likeness (QED) is 0.556. The van der Waals surface area contributed by atoms with E-state index in [1.165, 1.54) is 25.1 Å². The molecular formula is C24H32F2N2O6S. The molecule has 0 unspecified atom stereocenters. The molecule has 0 saturated carbocycles. The average molecular weight is 515 g/mol. The van der Waals surface area contributed by atoms with E-state index >= 15 is 0 Å².